The molecule has 30 heavy (non-hydrogen) atoms. The molecule has 0 bridgehead atoms. The number of sulfonamides is 1. The van der Waals surface area contributed by atoms with Crippen molar-refractivity contribution < 1.29 is 17.2 Å². The van der Waals surface area contributed by atoms with Crippen LogP contribution >= 0.6 is 0 Å². The van der Waals surface area contributed by atoms with Gasteiger partial charge in [-0.1, -0.05) is 24.3 Å². The Kier molecular flexibility index (Phi) is 5.62. The first-order valence-electron chi connectivity index (χ1n) is 9.78. The number of rotatable bonds is 4. The molecule has 0 saturated carbocycles. The van der Waals surface area contributed by atoms with E-state index >= 15 is 0 Å². The first-order chi connectivity index (χ1) is 14.3. The molecule has 0 aromatic heterocycles. The molecule has 0 aliphatic carbocycles. The molecular weight excluding hydrogens is 408 g/mol. The highest BCUT2D eigenvalue weighted by molar-refractivity contribution is 7.92. The Bertz CT molecular complexity index is 1180. The van der Waals surface area contributed by atoms with E-state index < -0.39 is 26.6 Å². The SMILES string of the molecule is CN1CCCN(c2ccc(NS(=O)(=O)c3ccc(F)cc3F)c3ccccc23)CC1. The summed E-state index contributed by atoms with van der Waals surface area (Å²) in [6.07, 6.45) is 1.04. The van der Waals surface area contributed by atoms with Crippen LogP contribution in [0.1, 0.15) is 6.42 Å². The van der Waals surface area contributed by atoms with E-state index in [1.54, 1.807) is 6.07 Å². The van der Waals surface area contributed by atoms with Crippen LogP contribution in [-0.4, -0.2) is 46.5 Å². The Labute approximate surface area is 175 Å². The summed E-state index contributed by atoms with van der Waals surface area (Å²) < 4.78 is 55.2. The van der Waals surface area contributed by atoms with E-state index in [4.69, 9.17) is 0 Å². The van der Waals surface area contributed by atoms with Gasteiger partial charge in [0.05, 0.1) is 5.69 Å². The van der Waals surface area contributed by atoms with Gasteiger partial charge in [-0.25, -0.2) is 17.2 Å². The van der Waals surface area contributed by atoms with E-state index in [1.165, 1.54) is 0 Å². The fourth-order valence-corrected chi connectivity index (χ4v) is 4.97. The number of benzene rings is 3. The lowest BCUT2D eigenvalue weighted by molar-refractivity contribution is 0.360. The number of hydrogen-bond acceptors (Lipinski definition) is 4. The van der Waals surface area contributed by atoms with Crippen molar-refractivity contribution in [1.82, 2.24) is 4.90 Å². The fraction of sp³-hybridized carbons (Fsp3) is 0.273. The van der Waals surface area contributed by atoms with Gasteiger partial charge in [0.2, 0.25) is 0 Å². The minimum absolute atomic E-state index is 0.352. The van der Waals surface area contributed by atoms with Crippen molar-refractivity contribution in [2.75, 3.05) is 42.8 Å². The van der Waals surface area contributed by atoms with Crippen molar-refractivity contribution in [3.63, 3.8) is 0 Å². The summed E-state index contributed by atoms with van der Waals surface area (Å²) in [4.78, 5) is 4.01. The van der Waals surface area contributed by atoms with Crippen LogP contribution in [0.15, 0.2) is 59.5 Å². The van der Waals surface area contributed by atoms with Gasteiger partial charge in [-0.2, -0.15) is 0 Å². The zero-order valence-electron chi connectivity index (χ0n) is 16.6. The Morgan fingerprint density at radius 2 is 1.67 bits per heavy atom. The monoisotopic (exact) mass is 431 g/mol. The van der Waals surface area contributed by atoms with Crippen molar-refractivity contribution in [3.8, 4) is 0 Å². The second kappa shape index (κ2) is 8.20. The van der Waals surface area contributed by atoms with Crippen LogP contribution < -0.4 is 9.62 Å². The van der Waals surface area contributed by atoms with Gasteiger partial charge in [0.25, 0.3) is 10.0 Å². The van der Waals surface area contributed by atoms with Gasteiger partial charge >= 0.3 is 0 Å². The largest absolute Gasteiger partial charge is 0.370 e. The lowest BCUT2D eigenvalue weighted by Gasteiger charge is -2.25. The first-order valence-corrected chi connectivity index (χ1v) is 11.3. The number of likely N-dealkylation sites (N-methyl/N-ethyl adjacent to an activating group) is 1. The van der Waals surface area contributed by atoms with Crippen molar-refractivity contribution in [2.45, 2.75) is 11.3 Å². The minimum atomic E-state index is -4.21. The zero-order valence-corrected chi connectivity index (χ0v) is 17.4. The Morgan fingerprint density at radius 3 is 2.43 bits per heavy atom. The molecular formula is C22H23F2N3O2S. The number of nitrogens with one attached hydrogen (secondary N) is 1. The second-order valence-corrected chi connectivity index (χ2v) is 9.15. The van der Waals surface area contributed by atoms with E-state index in [-0.39, 0.29) is 0 Å². The minimum Gasteiger partial charge on any atom is -0.370 e. The van der Waals surface area contributed by atoms with Crippen LogP contribution in [0.25, 0.3) is 10.8 Å². The van der Waals surface area contributed by atoms with Crippen LogP contribution in [0.4, 0.5) is 20.2 Å². The highest BCUT2D eigenvalue weighted by Crippen LogP contribution is 2.34. The van der Waals surface area contributed by atoms with Gasteiger partial charge < -0.3 is 9.80 Å². The van der Waals surface area contributed by atoms with Crippen molar-refractivity contribution in [3.05, 3.63) is 66.2 Å². The van der Waals surface area contributed by atoms with Gasteiger partial charge in [-0.15, -0.1) is 0 Å². The summed E-state index contributed by atoms with van der Waals surface area (Å²) in [7, 11) is -2.11. The molecule has 0 unspecified atom stereocenters. The Morgan fingerprint density at radius 1 is 0.900 bits per heavy atom. The molecule has 0 radical (unpaired) electrons. The zero-order chi connectivity index (χ0) is 21.3. The molecule has 1 N–H and O–H groups in total. The normalized spacial score (nSPS) is 15.9. The molecule has 5 nitrogen and oxygen atoms in total. The third-order valence-corrected chi connectivity index (χ3v) is 6.79. The summed E-state index contributed by atoms with van der Waals surface area (Å²) in [5.74, 6) is -1.96. The maximum Gasteiger partial charge on any atom is 0.264 e. The quantitative estimate of drug-likeness (QED) is 0.677. The van der Waals surface area contributed by atoms with Crippen LogP contribution in [0.5, 0.6) is 0 Å². The highest BCUT2D eigenvalue weighted by Gasteiger charge is 2.22. The van der Waals surface area contributed by atoms with E-state index in [0.29, 0.717) is 11.8 Å². The number of anilines is 2. The Hall–Kier alpha value is -2.71. The van der Waals surface area contributed by atoms with E-state index in [9.17, 15) is 17.2 Å². The average molecular weight is 432 g/mol. The fourth-order valence-electron chi connectivity index (χ4n) is 3.83. The molecule has 0 amide bonds. The lowest BCUT2D eigenvalue weighted by atomic mass is 10.1. The number of nitrogens with zero attached hydrogens (tertiary/aromatic N) is 2. The van der Waals surface area contributed by atoms with Crippen molar-refractivity contribution in [1.29, 1.82) is 0 Å². The maximum atomic E-state index is 14.1. The van der Waals surface area contributed by atoms with E-state index in [2.05, 4.69) is 21.6 Å². The standard InChI is InChI=1S/C22H23F2N3O2S/c1-26-11-4-12-27(14-13-26)21-9-8-20(17-5-2-3-6-18(17)21)25-30(28,29)22-10-7-16(23)15-19(22)24/h2-3,5-10,15,25H,4,11-14H2,1H3. The van der Waals surface area contributed by atoms with Crippen LogP contribution in [-0.2, 0) is 10.0 Å². The molecule has 4 rings (SSSR count). The van der Waals surface area contributed by atoms with E-state index in [1.807, 2.05) is 30.3 Å². The van der Waals surface area contributed by atoms with Gasteiger partial charge in [0.1, 0.15) is 16.5 Å². The Balaban J connectivity index is 1.72. The predicted molar refractivity (Wildman–Crippen MR) is 115 cm³/mol. The van der Waals surface area contributed by atoms with Crippen molar-refractivity contribution in [2.24, 2.45) is 0 Å². The highest BCUT2D eigenvalue weighted by atomic mass is 32.2. The van der Waals surface area contributed by atoms with Gasteiger partial charge in [0, 0.05) is 42.2 Å². The molecule has 1 heterocycles. The summed E-state index contributed by atoms with van der Waals surface area (Å²) in [5.41, 5.74) is 1.39. The van der Waals surface area contributed by atoms with Crippen LogP contribution in [0.2, 0.25) is 0 Å². The topological polar surface area (TPSA) is 52.6 Å². The average Bonchev–Trinajstić information content (AvgIpc) is 2.92. The van der Waals surface area contributed by atoms with E-state index in [0.717, 1.165) is 61.2 Å². The molecule has 1 saturated heterocycles. The van der Waals surface area contributed by atoms with Gasteiger partial charge in [-0.05, 0) is 44.3 Å². The summed E-state index contributed by atoms with van der Waals surface area (Å²) in [6, 6.07) is 13.5. The molecule has 1 aliphatic rings. The molecule has 3 aromatic rings. The number of hydrogen-bond donors (Lipinski definition) is 1. The molecule has 1 aliphatic heterocycles. The summed E-state index contributed by atoms with van der Waals surface area (Å²) >= 11 is 0. The third kappa shape index (κ3) is 4.11. The molecule has 158 valence electrons. The van der Waals surface area contributed by atoms with Gasteiger partial charge in [-0.3, -0.25) is 4.72 Å². The molecule has 0 atom stereocenters. The van der Waals surface area contributed by atoms with Gasteiger partial charge in [0.15, 0.2) is 0 Å². The maximum absolute atomic E-state index is 14.1. The smallest absolute Gasteiger partial charge is 0.264 e. The number of fused-ring (bicyclic) bond motifs is 1. The summed E-state index contributed by atoms with van der Waals surface area (Å²) in [5, 5.41) is 1.64. The molecule has 3 aromatic carbocycles. The molecule has 8 heteroatoms. The third-order valence-electron chi connectivity index (χ3n) is 5.39. The summed E-state index contributed by atoms with van der Waals surface area (Å²) in [6.45, 7) is 3.79. The number of halogens is 2. The van der Waals surface area contributed by atoms with Crippen LogP contribution in [0, 0.1) is 11.6 Å². The first kappa shape index (κ1) is 20.6. The van der Waals surface area contributed by atoms with Crippen molar-refractivity contribution >= 4 is 32.2 Å². The lowest BCUT2D eigenvalue weighted by Crippen LogP contribution is -2.28. The second-order valence-electron chi connectivity index (χ2n) is 7.50. The molecule has 0 spiro atoms. The van der Waals surface area contributed by atoms with Crippen LogP contribution in [0.3, 0.4) is 0 Å². The molecule has 1 fully saturated rings. The predicted octanol–water partition coefficient (Wildman–Crippen LogP) is 4.06.